The zero-order chi connectivity index (χ0) is 14.3. The van der Waals surface area contributed by atoms with Crippen LogP contribution in [0.3, 0.4) is 0 Å². The molecule has 1 atom stereocenters. The van der Waals surface area contributed by atoms with E-state index in [4.69, 9.17) is 5.73 Å². The highest BCUT2D eigenvalue weighted by atomic mass is 14.8. The minimum atomic E-state index is -0.0456. The van der Waals surface area contributed by atoms with Gasteiger partial charge >= 0.3 is 0 Å². The molecule has 0 spiro atoms. The van der Waals surface area contributed by atoms with E-state index in [1.54, 1.807) is 0 Å². The number of aryl methyl sites for hydroxylation is 3. The third-order valence-electron chi connectivity index (χ3n) is 5.36. The Bertz CT molecular complexity index is 450. The molecule has 0 radical (unpaired) electrons. The second-order valence-electron chi connectivity index (χ2n) is 7.30. The van der Waals surface area contributed by atoms with Crippen molar-refractivity contribution < 1.29 is 0 Å². The van der Waals surface area contributed by atoms with Crippen molar-refractivity contribution in [3.05, 3.63) is 34.4 Å². The van der Waals surface area contributed by atoms with Gasteiger partial charge in [0.25, 0.3) is 0 Å². The van der Waals surface area contributed by atoms with Crippen molar-refractivity contribution in [2.45, 2.75) is 72.3 Å². The van der Waals surface area contributed by atoms with E-state index >= 15 is 0 Å². The summed E-state index contributed by atoms with van der Waals surface area (Å²) in [6.07, 6.45) is 6.06. The van der Waals surface area contributed by atoms with Crippen LogP contribution in [0, 0.1) is 26.2 Å². The molecule has 1 heteroatoms. The molecule has 1 saturated carbocycles. The summed E-state index contributed by atoms with van der Waals surface area (Å²) in [6, 6.07) is 4.59. The highest BCUT2D eigenvalue weighted by Crippen LogP contribution is 2.44. The van der Waals surface area contributed by atoms with E-state index in [1.165, 1.54) is 41.5 Å². The van der Waals surface area contributed by atoms with Crippen molar-refractivity contribution in [3.8, 4) is 0 Å². The fourth-order valence-electron chi connectivity index (χ4n) is 3.73. The molecule has 2 rings (SSSR count). The Hall–Kier alpha value is -0.820. The number of benzene rings is 1. The van der Waals surface area contributed by atoms with Crippen molar-refractivity contribution in [1.82, 2.24) is 0 Å². The molecule has 1 aromatic carbocycles. The van der Waals surface area contributed by atoms with Crippen LogP contribution in [-0.4, -0.2) is 5.54 Å². The molecule has 1 aromatic rings. The lowest BCUT2D eigenvalue weighted by molar-refractivity contribution is 0.0987. The van der Waals surface area contributed by atoms with Crippen LogP contribution in [-0.2, 0) is 6.42 Å². The molecule has 1 fully saturated rings. The SMILES string of the molecule is Cc1cc(C)c(CC2(N)CCCCC2(C)C)c(C)c1. The molecule has 0 amide bonds. The summed E-state index contributed by atoms with van der Waals surface area (Å²) in [5, 5.41) is 0. The number of nitrogens with two attached hydrogens (primary N) is 1. The molecule has 0 bridgehead atoms. The van der Waals surface area contributed by atoms with Gasteiger partial charge in [-0.2, -0.15) is 0 Å². The molecule has 1 unspecified atom stereocenters. The molecule has 1 nitrogen and oxygen atoms in total. The average Bonchev–Trinajstić information content (AvgIpc) is 2.28. The molecule has 2 N–H and O–H groups in total. The van der Waals surface area contributed by atoms with E-state index in [2.05, 4.69) is 46.8 Å². The predicted molar refractivity (Wildman–Crippen MR) is 83.5 cm³/mol. The maximum Gasteiger partial charge on any atom is 0.0247 e. The molecule has 19 heavy (non-hydrogen) atoms. The van der Waals surface area contributed by atoms with E-state index in [9.17, 15) is 0 Å². The monoisotopic (exact) mass is 259 g/mol. The van der Waals surface area contributed by atoms with Crippen LogP contribution < -0.4 is 5.73 Å². The van der Waals surface area contributed by atoms with Crippen LogP contribution >= 0.6 is 0 Å². The zero-order valence-corrected chi connectivity index (χ0v) is 13.3. The Morgan fingerprint density at radius 2 is 1.53 bits per heavy atom. The first kappa shape index (κ1) is 14.6. The Morgan fingerprint density at radius 1 is 1.00 bits per heavy atom. The smallest absolute Gasteiger partial charge is 0.0247 e. The highest BCUT2D eigenvalue weighted by Gasteiger charge is 2.43. The van der Waals surface area contributed by atoms with Gasteiger partial charge in [0.05, 0.1) is 0 Å². The van der Waals surface area contributed by atoms with Crippen LogP contribution in [0.2, 0.25) is 0 Å². The third-order valence-corrected chi connectivity index (χ3v) is 5.36. The largest absolute Gasteiger partial charge is 0.324 e. The molecule has 0 saturated heterocycles. The standard InChI is InChI=1S/C18H29N/c1-13-10-14(2)16(15(3)11-13)12-18(19)9-7-6-8-17(18,4)5/h10-11H,6-9,12,19H2,1-5H3. The van der Waals surface area contributed by atoms with Crippen molar-refractivity contribution in [2.24, 2.45) is 11.1 Å². The first-order chi connectivity index (χ1) is 8.75. The van der Waals surface area contributed by atoms with E-state index in [0.29, 0.717) is 0 Å². The van der Waals surface area contributed by atoms with Crippen LogP contribution in [0.25, 0.3) is 0 Å². The summed E-state index contributed by atoms with van der Waals surface area (Å²) in [5.74, 6) is 0. The second kappa shape index (κ2) is 4.94. The molecule has 0 aromatic heterocycles. The topological polar surface area (TPSA) is 26.0 Å². The van der Waals surface area contributed by atoms with Crippen LogP contribution in [0.4, 0.5) is 0 Å². The molecule has 0 heterocycles. The van der Waals surface area contributed by atoms with Gasteiger partial charge in [-0.3, -0.25) is 0 Å². The van der Waals surface area contributed by atoms with E-state index in [-0.39, 0.29) is 11.0 Å². The molecule has 1 aliphatic carbocycles. The fraction of sp³-hybridized carbons (Fsp3) is 0.667. The van der Waals surface area contributed by atoms with Gasteiger partial charge < -0.3 is 5.73 Å². The second-order valence-corrected chi connectivity index (χ2v) is 7.30. The number of hydrogen-bond acceptors (Lipinski definition) is 1. The van der Waals surface area contributed by atoms with Gasteiger partial charge in [0.15, 0.2) is 0 Å². The quantitative estimate of drug-likeness (QED) is 0.834. The predicted octanol–water partition coefficient (Wildman–Crippen LogP) is 4.45. The Kier molecular flexibility index (Phi) is 3.79. The zero-order valence-electron chi connectivity index (χ0n) is 13.3. The van der Waals surface area contributed by atoms with Gasteiger partial charge in [0.1, 0.15) is 0 Å². The first-order valence-electron chi connectivity index (χ1n) is 7.61. The molecular weight excluding hydrogens is 230 g/mol. The lowest BCUT2D eigenvalue weighted by atomic mass is 9.61. The lowest BCUT2D eigenvalue weighted by Gasteiger charge is -2.48. The summed E-state index contributed by atoms with van der Waals surface area (Å²) in [7, 11) is 0. The van der Waals surface area contributed by atoms with Crippen molar-refractivity contribution >= 4 is 0 Å². The van der Waals surface area contributed by atoms with E-state index in [0.717, 1.165) is 12.8 Å². The summed E-state index contributed by atoms with van der Waals surface area (Å²) in [4.78, 5) is 0. The van der Waals surface area contributed by atoms with Crippen molar-refractivity contribution in [3.63, 3.8) is 0 Å². The minimum absolute atomic E-state index is 0.0456. The minimum Gasteiger partial charge on any atom is -0.324 e. The number of rotatable bonds is 2. The molecule has 0 aliphatic heterocycles. The first-order valence-corrected chi connectivity index (χ1v) is 7.61. The van der Waals surface area contributed by atoms with E-state index < -0.39 is 0 Å². The van der Waals surface area contributed by atoms with Gasteiger partial charge in [0.2, 0.25) is 0 Å². The van der Waals surface area contributed by atoms with Gasteiger partial charge in [-0.1, -0.05) is 44.4 Å². The summed E-state index contributed by atoms with van der Waals surface area (Å²) >= 11 is 0. The highest BCUT2D eigenvalue weighted by molar-refractivity contribution is 5.39. The summed E-state index contributed by atoms with van der Waals surface area (Å²) in [5.41, 5.74) is 12.7. The Morgan fingerprint density at radius 3 is 2.05 bits per heavy atom. The fourth-order valence-corrected chi connectivity index (χ4v) is 3.73. The normalized spacial score (nSPS) is 26.4. The molecular formula is C18H29N. The maximum absolute atomic E-state index is 6.84. The molecule has 1 aliphatic rings. The van der Waals surface area contributed by atoms with Crippen LogP contribution in [0.15, 0.2) is 12.1 Å². The van der Waals surface area contributed by atoms with Crippen LogP contribution in [0.1, 0.15) is 61.8 Å². The Balaban J connectivity index is 2.35. The van der Waals surface area contributed by atoms with Crippen LogP contribution in [0.5, 0.6) is 0 Å². The maximum atomic E-state index is 6.84. The average molecular weight is 259 g/mol. The summed E-state index contributed by atoms with van der Waals surface area (Å²) in [6.45, 7) is 11.3. The lowest BCUT2D eigenvalue weighted by Crippen LogP contribution is -2.56. The van der Waals surface area contributed by atoms with Gasteiger partial charge in [-0.05, 0) is 62.1 Å². The molecule has 106 valence electrons. The number of hydrogen-bond donors (Lipinski definition) is 1. The van der Waals surface area contributed by atoms with Crippen molar-refractivity contribution in [2.75, 3.05) is 0 Å². The third kappa shape index (κ3) is 2.72. The van der Waals surface area contributed by atoms with Crippen molar-refractivity contribution in [1.29, 1.82) is 0 Å². The van der Waals surface area contributed by atoms with Gasteiger partial charge in [0, 0.05) is 5.54 Å². The van der Waals surface area contributed by atoms with Gasteiger partial charge in [-0.25, -0.2) is 0 Å². The summed E-state index contributed by atoms with van der Waals surface area (Å²) < 4.78 is 0. The van der Waals surface area contributed by atoms with E-state index in [1.807, 2.05) is 0 Å². The Labute approximate surface area is 118 Å². The van der Waals surface area contributed by atoms with Gasteiger partial charge in [-0.15, -0.1) is 0 Å².